The second-order valence-electron chi connectivity index (χ2n) is 6.20. The van der Waals surface area contributed by atoms with Crippen LogP contribution in [0.5, 0.6) is 0 Å². The van der Waals surface area contributed by atoms with E-state index in [0.717, 1.165) is 19.3 Å². The molecular formula is C15H21NO3. The lowest BCUT2D eigenvalue weighted by Crippen LogP contribution is -2.47. The second-order valence-corrected chi connectivity index (χ2v) is 6.20. The number of carbonyl (C=O) groups is 2. The van der Waals surface area contributed by atoms with Gasteiger partial charge in [0.05, 0.1) is 24.0 Å². The van der Waals surface area contributed by atoms with E-state index in [1.807, 2.05) is 12.2 Å². The zero-order valence-electron chi connectivity index (χ0n) is 11.2. The summed E-state index contributed by atoms with van der Waals surface area (Å²) >= 11 is 0. The Hall–Kier alpha value is -1.16. The Morgan fingerprint density at radius 3 is 2.11 bits per heavy atom. The van der Waals surface area contributed by atoms with Gasteiger partial charge in [0.15, 0.2) is 0 Å². The zero-order chi connectivity index (χ0) is 13.5. The molecule has 19 heavy (non-hydrogen) atoms. The van der Waals surface area contributed by atoms with Crippen molar-refractivity contribution in [1.29, 1.82) is 0 Å². The highest BCUT2D eigenvalue weighted by Gasteiger charge is 2.49. The molecule has 2 atom stereocenters. The van der Waals surface area contributed by atoms with Crippen molar-refractivity contribution in [2.24, 2.45) is 11.8 Å². The van der Waals surface area contributed by atoms with E-state index in [4.69, 9.17) is 0 Å². The summed E-state index contributed by atoms with van der Waals surface area (Å²) in [6.45, 7) is 0.206. The number of hydrogen-bond donors (Lipinski definition) is 1. The predicted molar refractivity (Wildman–Crippen MR) is 70.1 cm³/mol. The molecule has 4 heteroatoms. The topological polar surface area (TPSA) is 57.6 Å². The van der Waals surface area contributed by atoms with Crippen LogP contribution in [0.3, 0.4) is 0 Å². The van der Waals surface area contributed by atoms with Crippen molar-refractivity contribution in [2.45, 2.75) is 50.5 Å². The Balaban J connectivity index is 1.74. The number of hydrogen-bond acceptors (Lipinski definition) is 3. The highest BCUT2D eigenvalue weighted by molar-refractivity contribution is 6.05. The van der Waals surface area contributed by atoms with Crippen LogP contribution in [-0.2, 0) is 9.59 Å². The van der Waals surface area contributed by atoms with E-state index in [1.54, 1.807) is 0 Å². The molecule has 0 aromatic carbocycles. The highest BCUT2D eigenvalue weighted by atomic mass is 16.3. The van der Waals surface area contributed by atoms with Gasteiger partial charge < -0.3 is 5.11 Å². The van der Waals surface area contributed by atoms with E-state index in [0.29, 0.717) is 25.7 Å². The first-order chi connectivity index (χ1) is 9.11. The molecule has 1 heterocycles. The number of β-amino-alcohol motifs (C(OH)–C–C–N with tert-alkyl or cyclic N) is 1. The highest BCUT2D eigenvalue weighted by Crippen LogP contribution is 2.37. The first kappa shape index (κ1) is 12.9. The molecule has 0 aromatic heterocycles. The minimum Gasteiger partial charge on any atom is -0.388 e. The normalized spacial score (nSPS) is 33.6. The number of aliphatic hydroxyl groups is 1. The van der Waals surface area contributed by atoms with E-state index in [-0.39, 0.29) is 30.2 Å². The maximum absolute atomic E-state index is 12.3. The van der Waals surface area contributed by atoms with Crippen molar-refractivity contribution in [2.75, 3.05) is 6.54 Å². The third-order valence-electron chi connectivity index (χ3n) is 4.84. The fourth-order valence-electron chi connectivity index (χ4n) is 3.69. The minimum atomic E-state index is -0.843. The molecule has 0 aromatic rings. The molecule has 1 N–H and O–H groups in total. The minimum absolute atomic E-state index is 0.0710. The Kier molecular flexibility index (Phi) is 3.21. The first-order valence-corrected chi connectivity index (χ1v) is 7.33. The predicted octanol–water partition coefficient (Wildman–Crippen LogP) is 1.63. The van der Waals surface area contributed by atoms with Crippen molar-refractivity contribution in [3.8, 4) is 0 Å². The van der Waals surface area contributed by atoms with Crippen LogP contribution in [0.4, 0.5) is 0 Å². The molecule has 0 radical (unpaired) electrons. The van der Waals surface area contributed by atoms with E-state index >= 15 is 0 Å². The monoisotopic (exact) mass is 263 g/mol. The third-order valence-corrected chi connectivity index (χ3v) is 4.84. The Morgan fingerprint density at radius 1 is 1.05 bits per heavy atom. The van der Waals surface area contributed by atoms with Crippen LogP contribution in [0.15, 0.2) is 12.2 Å². The quantitative estimate of drug-likeness (QED) is 0.608. The molecule has 104 valence electrons. The van der Waals surface area contributed by atoms with Gasteiger partial charge in [0.2, 0.25) is 11.8 Å². The van der Waals surface area contributed by atoms with Crippen LogP contribution in [0.2, 0.25) is 0 Å². The average Bonchev–Trinajstić information content (AvgIpc) is 2.65. The van der Waals surface area contributed by atoms with Crippen LogP contribution < -0.4 is 0 Å². The second kappa shape index (κ2) is 4.75. The maximum atomic E-state index is 12.3. The molecule has 4 nitrogen and oxygen atoms in total. The standard InChI is InChI=1S/C15H21NO3/c17-13-11-6-2-3-7-12(11)14(18)16(13)10-15(19)8-4-1-5-9-15/h2-3,11-12,19H,1,4-10H2. The molecule has 0 spiro atoms. The van der Waals surface area contributed by atoms with Gasteiger partial charge in [-0.2, -0.15) is 0 Å². The van der Waals surface area contributed by atoms with Gasteiger partial charge in [-0.05, 0) is 25.7 Å². The molecule has 2 amide bonds. The van der Waals surface area contributed by atoms with E-state index in [9.17, 15) is 14.7 Å². The fraction of sp³-hybridized carbons (Fsp3) is 0.733. The van der Waals surface area contributed by atoms with Gasteiger partial charge in [-0.3, -0.25) is 14.5 Å². The molecular weight excluding hydrogens is 242 g/mol. The number of rotatable bonds is 2. The lowest BCUT2D eigenvalue weighted by Gasteiger charge is -2.34. The maximum Gasteiger partial charge on any atom is 0.233 e. The van der Waals surface area contributed by atoms with Crippen molar-refractivity contribution < 1.29 is 14.7 Å². The summed E-state index contributed by atoms with van der Waals surface area (Å²) in [4.78, 5) is 26.0. The van der Waals surface area contributed by atoms with Crippen molar-refractivity contribution in [1.82, 2.24) is 4.90 Å². The number of fused-ring (bicyclic) bond motifs is 1. The summed E-state index contributed by atoms with van der Waals surface area (Å²) in [5.74, 6) is -0.494. The summed E-state index contributed by atoms with van der Waals surface area (Å²) in [6.07, 6.45) is 9.85. The van der Waals surface area contributed by atoms with Gasteiger partial charge in [0, 0.05) is 0 Å². The molecule has 1 aliphatic heterocycles. The summed E-state index contributed by atoms with van der Waals surface area (Å²) in [7, 11) is 0. The largest absolute Gasteiger partial charge is 0.388 e. The van der Waals surface area contributed by atoms with Crippen LogP contribution in [0.25, 0.3) is 0 Å². The van der Waals surface area contributed by atoms with E-state index in [1.165, 1.54) is 4.90 Å². The Morgan fingerprint density at radius 2 is 1.58 bits per heavy atom. The summed E-state index contributed by atoms with van der Waals surface area (Å²) in [5, 5.41) is 10.5. The van der Waals surface area contributed by atoms with Crippen molar-refractivity contribution in [3.05, 3.63) is 12.2 Å². The molecule has 1 saturated heterocycles. The van der Waals surface area contributed by atoms with Gasteiger partial charge in [0.1, 0.15) is 0 Å². The summed E-state index contributed by atoms with van der Waals surface area (Å²) in [6, 6.07) is 0. The molecule has 0 bridgehead atoms. The molecule has 2 aliphatic carbocycles. The lowest BCUT2D eigenvalue weighted by molar-refractivity contribution is -0.145. The number of carbonyl (C=O) groups excluding carboxylic acids is 2. The van der Waals surface area contributed by atoms with Crippen LogP contribution in [0, 0.1) is 11.8 Å². The lowest BCUT2D eigenvalue weighted by atomic mass is 9.84. The zero-order valence-corrected chi connectivity index (χ0v) is 11.2. The number of imide groups is 1. The fourth-order valence-corrected chi connectivity index (χ4v) is 3.69. The van der Waals surface area contributed by atoms with Gasteiger partial charge in [-0.25, -0.2) is 0 Å². The Labute approximate surface area is 113 Å². The van der Waals surface area contributed by atoms with Gasteiger partial charge >= 0.3 is 0 Å². The third kappa shape index (κ3) is 2.22. The molecule has 3 aliphatic rings. The van der Waals surface area contributed by atoms with Gasteiger partial charge in [0.25, 0.3) is 0 Å². The molecule has 2 unspecified atom stereocenters. The number of likely N-dealkylation sites (tertiary alicyclic amines) is 1. The van der Waals surface area contributed by atoms with Crippen LogP contribution in [-0.4, -0.2) is 34.0 Å². The van der Waals surface area contributed by atoms with Crippen LogP contribution in [0.1, 0.15) is 44.9 Å². The van der Waals surface area contributed by atoms with E-state index < -0.39 is 5.60 Å². The van der Waals surface area contributed by atoms with Crippen molar-refractivity contribution >= 4 is 11.8 Å². The average molecular weight is 263 g/mol. The number of nitrogens with zero attached hydrogens (tertiary/aromatic N) is 1. The molecule has 2 fully saturated rings. The number of amides is 2. The smallest absolute Gasteiger partial charge is 0.233 e. The molecule has 1 saturated carbocycles. The number of allylic oxidation sites excluding steroid dienone is 2. The Bertz CT molecular complexity index is 397. The summed E-state index contributed by atoms with van der Waals surface area (Å²) in [5.41, 5.74) is -0.843. The van der Waals surface area contributed by atoms with Crippen LogP contribution >= 0.6 is 0 Å². The first-order valence-electron chi connectivity index (χ1n) is 7.33. The summed E-state index contributed by atoms with van der Waals surface area (Å²) < 4.78 is 0. The van der Waals surface area contributed by atoms with E-state index in [2.05, 4.69) is 0 Å². The van der Waals surface area contributed by atoms with Crippen molar-refractivity contribution in [3.63, 3.8) is 0 Å². The molecule has 3 rings (SSSR count). The SMILES string of the molecule is O=C1C2CC=CCC2C(=O)N1CC1(O)CCCCC1. The van der Waals surface area contributed by atoms with Gasteiger partial charge in [-0.15, -0.1) is 0 Å². The van der Waals surface area contributed by atoms with Gasteiger partial charge in [-0.1, -0.05) is 31.4 Å².